The molecule has 0 spiro atoms. The fourth-order valence-electron chi connectivity index (χ4n) is 1.63. The van der Waals surface area contributed by atoms with Crippen molar-refractivity contribution in [2.24, 2.45) is 0 Å². The lowest BCUT2D eigenvalue weighted by Crippen LogP contribution is -2.15. The molecule has 0 radical (unpaired) electrons. The Balaban J connectivity index is 2.43. The lowest BCUT2D eigenvalue weighted by atomic mass is 10.2. The minimum absolute atomic E-state index is 0.0237. The van der Waals surface area contributed by atoms with Crippen LogP contribution in [0.3, 0.4) is 0 Å². The molecule has 4 nitrogen and oxygen atoms in total. The molecule has 1 aromatic heterocycles. The van der Waals surface area contributed by atoms with Crippen LogP contribution in [0.2, 0.25) is 10.0 Å². The van der Waals surface area contributed by atoms with E-state index in [1.807, 2.05) is 0 Å². The molecule has 0 bridgehead atoms. The summed E-state index contributed by atoms with van der Waals surface area (Å²) in [5.74, 6) is 0.244. The van der Waals surface area contributed by atoms with Crippen LogP contribution in [0.1, 0.15) is 11.3 Å². The molecule has 0 saturated carbocycles. The molecule has 0 aliphatic rings. The summed E-state index contributed by atoms with van der Waals surface area (Å²) in [5.41, 5.74) is 1.34. The molecular formula is C13H12Cl2N2O2S. The molecular weight excluding hydrogens is 319 g/mol. The molecule has 1 N–H and O–H groups in total. The summed E-state index contributed by atoms with van der Waals surface area (Å²) in [4.78, 5) is 4.07. The van der Waals surface area contributed by atoms with Crippen molar-refractivity contribution in [1.82, 2.24) is 4.98 Å². The van der Waals surface area contributed by atoms with E-state index in [2.05, 4.69) is 9.71 Å². The highest BCUT2D eigenvalue weighted by molar-refractivity contribution is 7.92. The Morgan fingerprint density at radius 1 is 1.10 bits per heavy atom. The lowest BCUT2D eigenvalue weighted by molar-refractivity contribution is 0.601. The van der Waals surface area contributed by atoms with Crippen LogP contribution in [0.4, 0.5) is 5.82 Å². The van der Waals surface area contributed by atoms with Crippen molar-refractivity contribution in [1.29, 1.82) is 0 Å². The number of sulfonamides is 1. The van der Waals surface area contributed by atoms with E-state index in [-0.39, 0.29) is 15.7 Å². The lowest BCUT2D eigenvalue weighted by Gasteiger charge is -2.10. The molecule has 0 aliphatic heterocycles. The molecule has 2 rings (SSSR count). The number of nitrogens with zero attached hydrogens (tertiary/aromatic N) is 1. The van der Waals surface area contributed by atoms with Gasteiger partial charge < -0.3 is 0 Å². The summed E-state index contributed by atoms with van der Waals surface area (Å²) in [6, 6.07) is 7.91. The monoisotopic (exact) mass is 330 g/mol. The summed E-state index contributed by atoms with van der Waals surface area (Å²) >= 11 is 11.9. The fraction of sp³-hybridized carbons (Fsp3) is 0.154. The number of benzene rings is 1. The molecule has 0 atom stereocenters. The first-order valence-electron chi connectivity index (χ1n) is 5.72. The fourth-order valence-corrected chi connectivity index (χ4v) is 3.46. The number of aromatic nitrogens is 1. The molecule has 0 unspecified atom stereocenters. The predicted molar refractivity (Wildman–Crippen MR) is 81.0 cm³/mol. The number of aryl methyl sites for hydroxylation is 2. The second kappa shape index (κ2) is 5.60. The Morgan fingerprint density at radius 3 is 2.45 bits per heavy atom. The van der Waals surface area contributed by atoms with Crippen molar-refractivity contribution >= 4 is 39.0 Å². The van der Waals surface area contributed by atoms with E-state index < -0.39 is 10.0 Å². The van der Waals surface area contributed by atoms with Gasteiger partial charge in [-0.2, -0.15) is 0 Å². The van der Waals surface area contributed by atoms with E-state index in [4.69, 9.17) is 23.2 Å². The molecule has 1 heterocycles. The summed E-state index contributed by atoms with van der Waals surface area (Å²) < 4.78 is 27.0. The maximum absolute atomic E-state index is 12.3. The zero-order valence-corrected chi connectivity index (χ0v) is 13.1. The highest BCUT2D eigenvalue weighted by atomic mass is 35.5. The first kappa shape index (κ1) is 15.1. The molecule has 0 saturated heterocycles. The third-order valence-corrected chi connectivity index (χ3v) is 4.86. The molecule has 2 aromatic rings. The van der Waals surface area contributed by atoms with Crippen molar-refractivity contribution in [3.63, 3.8) is 0 Å². The van der Waals surface area contributed by atoms with Crippen molar-refractivity contribution in [2.45, 2.75) is 18.7 Å². The minimum atomic E-state index is -3.80. The van der Waals surface area contributed by atoms with Gasteiger partial charge in [-0.1, -0.05) is 29.3 Å². The van der Waals surface area contributed by atoms with Gasteiger partial charge in [-0.3, -0.25) is 4.72 Å². The largest absolute Gasteiger partial charge is 0.264 e. The van der Waals surface area contributed by atoms with E-state index in [0.717, 1.165) is 0 Å². The highest BCUT2D eigenvalue weighted by Crippen LogP contribution is 2.29. The van der Waals surface area contributed by atoms with E-state index >= 15 is 0 Å². The summed E-state index contributed by atoms with van der Waals surface area (Å²) in [6.07, 6.45) is 0. The molecule has 20 heavy (non-hydrogen) atoms. The summed E-state index contributed by atoms with van der Waals surface area (Å²) in [7, 11) is -3.80. The van der Waals surface area contributed by atoms with Gasteiger partial charge in [0.15, 0.2) is 0 Å². The third-order valence-electron chi connectivity index (χ3n) is 2.63. The number of nitrogens with one attached hydrogen (secondary N) is 1. The Labute approximate surface area is 127 Å². The number of hydrogen-bond acceptors (Lipinski definition) is 3. The highest BCUT2D eigenvalue weighted by Gasteiger charge is 2.20. The van der Waals surface area contributed by atoms with Gasteiger partial charge in [0.1, 0.15) is 10.7 Å². The Kier molecular flexibility index (Phi) is 4.22. The van der Waals surface area contributed by atoms with Crippen molar-refractivity contribution in [3.8, 4) is 0 Å². The average molecular weight is 331 g/mol. The first-order valence-corrected chi connectivity index (χ1v) is 7.95. The van der Waals surface area contributed by atoms with Gasteiger partial charge in [-0.05, 0) is 43.7 Å². The van der Waals surface area contributed by atoms with Gasteiger partial charge in [-0.25, -0.2) is 13.4 Å². The SMILES string of the molecule is Cc1cccc(NS(=O)(=O)c2cc(C)c(Cl)cc2Cl)n1. The van der Waals surface area contributed by atoms with Crippen LogP contribution in [-0.2, 0) is 10.0 Å². The Morgan fingerprint density at radius 2 is 1.80 bits per heavy atom. The number of anilines is 1. The maximum atomic E-state index is 12.3. The van der Waals surface area contributed by atoms with Crippen LogP contribution in [0, 0.1) is 13.8 Å². The van der Waals surface area contributed by atoms with Gasteiger partial charge in [0.05, 0.1) is 5.02 Å². The minimum Gasteiger partial charge on any atom is -0.263 e. The third kappa shape index (κ3) is 3.23. The number of hydrogen-bond donors (Lipinski definition) is 1. The molecule has 106 valence electrons. The van der Waals surface area contributed by atoms with Crippen molar-refractivity contribution in [2.75, 3.05) is 4.72 Å². The molecule has 0 amide bonds. The standard InChI is InChI=1S/C13H12Cl2N2O2S/c1-8-6-12(11(15)7-10(8)14)20(18,19)17-13-5-3-4-9(2)16-13/h3-7H,1-2H3,(H,16,17). The van der Waals surface area contributed by atoms with Gasteiger partial charge in [0.25, 0.3) is 10.0 Å². The first-order chi connectivity index (χ1) is 9.29. The van der Waals surface area contributed by atoms with Gasteiger partial charge >= 0.3 is 0 Å². The van der Waals surface area contributed by atoms with E-state index in [0.29, 0.717) is 16.3 Å². The summed E-state index contributed by atoms with van der Waals surface area (Å²) in [6.45, 7) is 3.49. The Bertz CT molecular complexity index is 761. The zero-order chi connectivity index (χ0) is 14.9. The number of halogens is 2. The second-order valence-electron chi connectivity index (χ2n) is 4.30. The molecule has 0 fully saturated rings. The topological polar surface area (TPSA) is 59.1 Å². The number of pyridine rings is 1. The van der Waals surface area contributed by atoms with E-state index in [1.54, 1.807) is 32.0 Å². The molecule has 7 heteroatoms. The maximum Gasteiger partial charge on any atom is 0.264 e. The van der Waals surface area contributed by atoms with Gasteiger partial charge in [0, 0.05) is 10.7 Å². The van der Waals surface area contributed by atoms with Crippen molar-refractivity contribution in [3.05, 3.63) is 51.6 Å². The van der Waals surface area contributed by atoms with E-state index in [1.165, 1.54) is 12.1 Å². The summed E-state index contributed by atoms with van der Waals surface area (Å²) in [5, 5.41) is 0.489. The average Bonchev–Trinajstić information content (AvgIpc) is 2.33. The number of rotatable bonds is 3. The quantitative estimate of drug-likeness (QED) is 0.930. The predicted octanol–water partition coefficient (Wildman–Crippen LogP) is 3.81. The molecule has 1 aromatic carbocycles. The van der Waals surface area contributed by atoms with Crippen LogP contribution in [-0.4, -0.2) is 13.4 Å². The van der Waals surface area contributed by atoms with Crippen LogP contribution in [0.15, 0.2) is 35.2 Å². The smallest absolute Gasteiger partial charge is 0.263 e. The zero-order valence-electron chi connectivity index (χ0n) is 10.8. The van der Waals surface area contributed by atoms with Gasteiger partial charge in [-0.15, -0.1) is 0 Å². The van der Waals surface area contributed by atoms with Gasteiger partial charge in [0.2, 0.25) is 0 Å². The van der Waals surface area contributed by atoms with Crippen LogP contribution in [0.5, 0.6) is 0 Å². The molecule has 0 aliphatic carbocycles. The Hall–Kier alpha value is -1.30. The van der Waals surface area contributed by atoms with Crippen LogP contribution >= 0.6 is 23.2 Å². The second-order valence-corrected chi connectivity index (χ2v) is 6.77. The van der Waals surface area contributed by atoms with Crippen molar-refractivity contribution < 1.29 is 8.42 Å². The van der Waals surface area contributed by atoms with Crippen LogP contribution < -0.4 is 4.72 Å². The van der Waals surface area contributed by atoms with Crippen LogP contribution in [0.25, 0.3) is 0 Å². The normalized spacial score (nSPS) is 11.4. The van der Waals surface area contributed by atoms with E-state index in [9.17, 15) is 8.42 Å².